The summed E-state index contributed by atoms with van der Waals surface area (Å²) in [6.07, 6.45) is 0. The highest BCUT2D eigenvalue weighted by atomic mass is 16.5. The zero-order chi connectivity index (χ0) is 14.5. The van der Waals surface area contributed by atoms with E-state index in [1.165, 1.54) is 5.56 Å². The molecule has 0 aliphatic heterocycles. The molecule has 0 saturated heterocycles. The van der Waals surface area contributed by atoms with Crippen LogP contribution in [0.1, 0.15) is 18.3 Å². The molecule has 0 amide bonds. The summed E-state index contributed by atoms with van der Waals surface area (Å²) in [5, 5.41) is 3.40. The number of benzene rings is 2. The van der Waals surface area contributed by atoms with Crippen molar-refractivity contribution in [3.05, 3.63) is 59.9 Å². The van der Waals surface area contributed by atoms with Crippen LogP contribution in [-0.2, 0) is 13.1 Å². The van der Waals surface area contributed by atoms with Gasteiger partial charge in [0.1, 0.15) is 11.6 Å². The first kappa shape index (κ1) is 13.6. The molecule has 3 aromatic rings. The van der Waals surface area contributed by atoms with Crippen LogP contribution >= 0.6 is 0 Å². The molecule has 2 N–H and O–H groups in total. The average Bonchev–Trinajstić information content (AvgIpc) is 2.91. The summed E-state index contributed by atoms with van der Waals surface area (Å²) in [6, 6.07) is 16.2. The number of hydrogen-bond donors (Lipinski definition) is 2. The first-order valence-corrected chi connectivity index (χ1v) is 7.21. The van der Waals surface area contributed by atoms with E-state index in [-0.39, 0.29) is 0 Å². The van der Waals surface area contributed by atoms with E-state index in [0.29, 0.717) is 13.2 Å². The van der Waals surface area contributed by atoms with Crippen molar-refractivity contribution in [1.82, 2.24) is 15.3 Å². The minimum absolute atomic E-state index is 0.690. The van der Waals surface area contributed by atoms with E-state index < -0.39 is 0 Å². The van der Waals surface area contributed by atoms with E-state index in [1.807, 2.05) is 43.3 Å². The highest BCUT2D eigenvalue weighted by Crippen LogP contribution is 2.13. The van der Waals surface area contributed by atoms with E-state index in [2.05, 4.69) is 27.4 Å². The molecular weight excluding hydrogens is 262 g/mol. The summed E-state index contributed by atoms with van der Waals surface area (Å²) in [6.45, 7) is 4.19. The summed E-state index contributed by atoms with van der Waals surface area (Å²) >= 11 is 0. The summed E-state index contributed by atoms with van der Waals surface area (Å²) in [5.41, 5.74) is 3.29. The van der Waals surface area contributed by atoms with Crippen LogP contribution < -0.4 is 10.1 Å². The van der Waals surface area contributed by atoms with Gasteiger partial charge in [-0.3, -0.25) is 0 Å². The molecule has 0 aliphatic rings. The van der Waals surface area contributed by atoms with Crippen molar-refractivity contribution >= 4 is 11.0 Å². The van der Waals surface area contributed by atoms with Crippen LogP contribution in [0.15, 0.2) is 48.5 Å². The first-order chi connectivity index (χ1) is 10.3. The highest BCUT2D eigenvalue weighted by Gasteiger charge is 2.02. The van der Waals surface area contributed by atoms with E-state index in [4.69, 9.17) is 4.74 Å². The van der Waals surface area contributed by atoms with Gasteiger partial charge in [-0.05, 0) is 36.8 Å². The third-order valence-corrected chi connectivity index (χ3v) is 3.27. The number of ether oxygens (including phenoxy) is 1. The lowest BCUT2D eigenvalue weighted by Crippen LogP contribution is -2.13. The van der Waals surface area contributed by atoms with Crippen molar-refractivity contribution < 1.29 is 4.74 Å². The monoisotopic (exact) mass is 281 g/mol. The molecule has 4 heteroatoms. The van der Waals surface area contributed by atoms with Crippen molar-refractivity contribution in [2.75, 3.05) is 6.61 Å². The summed E-state index contributed by atoms with van der Waals surface area (Å²) in [5.74, 6) is 1.87. The first-order valence-electron chi connectivity index (χ1n) is 7.21. The molecule has 0 atom stereocenters. The Labute approximate surface area is 124 Å². The largest absolute Gasteiger partial charge is 0.494 e. The molecule has 1 heterocycles. The van der Waals surface area contributed by atoms with Gasteiger partial charge < -0.3 is 15.0 Å². The zero-order valence-electron chi connectivity index (χ0n) is 12.1. The molecule has 21 heavy (non-hydrogen) atoms. The number of aromatic nitrogens is 2. The molecule has 2 aromatic carbocycles. The van der Waals surface area contributed by atoms with Gasteiger partial charge in [-0.25, -0.2) is 4.98 Å². The lowest BCUT2D eigenvalue weighted by molar-refractivity contribution is 0.340. The number of imidazole rings is 1. The van der Waals surface area contributed by atoms with Gasteiger partial charge in [0.25, 0.3) is 0 Å². The maximum Gasteiger partial charge on any atom is 0.121 e. The van der Waals surface area contributed by atoms with Gasteiger partial charge in [0.2, 0.25) is 0 Å². The number of aromatic amines is 1. The molecule has 4 nitrogen and oxygen atoms in total. The number of hydrogen-bond acceptors (Lipinski definition) is 3. The zero-order valence-corrected chi connectivity index (χ0v) is 12.1. The Kier molecular flexibility index (Phi) is 4.17. The van der Waals surface area contributed by atoms with Crippen molar-refractivity contribution in [3.63, 3.8) is 0 Å². The van der Waals surface area contributed by atoms with Crippen LogP contribution in [0, 0.1) is 0 Å². The maximum atomic E-state index is 5.50. The second-order valence-electron chi connectivity index (χ2n) is 4.88. The number of H-pyrrole nitrogens is 1. The Bertz CT molecular complexity index is 688. The SMILES string of the molecule is CCOc1cccc(CNCc2nc3ccccc3[nH]2)c1. The fraction of sp³-hybridized carbons (Fsp3) is 0.235. The molecule has 0 aliphatic carbocycles. The Morgan fingerprint density at radius 2 is 2.00 bits per heavy atom. The number of para-hydroxylation sites is 2. The molecule has 108 valence electrons. The number of nitrogens with one attached hydrogen (secondary N) is 2. The van der Waals surface area contributed by atoms with Gasteiger partial charge in [-0.15, -0.1) is 0 Å². The standard InChI is InChI=1S/C17H19N3O/c1-2-21-14-7-5-6-13(10-14)11-18-12-17-19-15-8-3-4-9-16(15)20-17/h3-10,18H,2,11-12H2,1H3,(H,19,20). The topological polar surface area (TPSA) is 49.9 Å². The second kappa shape index (κ2) is 6.41. The van der Waals surface area contributed by atoms with Crippen molar-refractivity contribution in [1.29, 1.82) is 0 Å². The third-order valence-electron chi connectivity index (χ3n) is 3.27. The van der Waals surface area contributed by atoms with Gasteiger partial charge in [-0.1, -0.05) is 24.3 Å². The summed E-state index contributed by atoms with van der Waals surface area (Å²) in [4.78, 5) is 7.86. The lowest BCUT2D eigenvalue weighted by Gasteiger charge is -2.06. The van der Waals surface area contributed by atoms with Gasteiger partial charge >= 0.3 is 0 Å². The van der Waals surface area contributed by atoms with Gasteiger partial charge in [0.15, 0.2) is 0 Å². The molecule has 0 unspecified atom stereocenters. The average molecular weight is 281 g/mol. The van der Waals surface area contributed by atoms with Crippen LogP contribution in [0.2, 0.25) is 0 Å². The Morgan fingerprint density at radius 1 is 1.10 bits per heavy atom. The lowest BCUT2D eigenvalue weighted by atomic mass is 10.2. The van der Waals surface area contributed by atoms with Gasteiger partial charge in [0.05, 0.1) is 24.2 Å². The Balaban J connectivity index is 1.59. The molecule has 0 radical (unpaired) electrons. The van der Waals surface area contributed by atoms with Crippen molar-refractivity contribution in [2.24, 2.45) is 0 Å². The predicted molar refractivity (Wildman–Crippen MR) is 84.2 cm³/mol. The normalized spacial score (nSPS) is 10.9. The van der Waals surface area contributed by atoms with E-state index in [0.717, 1.165) is 29.2 Å². The maximum absolute atomic E-state index is 5.50. The molecule has 0 spiro atoms. The minimum Gasteiger partial charge on any atom is -0.494 e. The van der Waals surface area contributed by atoms with Crippen LogP contribution in [-0.4, -0.2) is 16.6 Å². The smallest absolute Gasteiger partial charge is 0.121 e. The van der Waals surface area contributed by atoms with Crippen molar-refractivity contribution in [2.45, 2.75) is 20.0 Å². The number of fused-ring (bicyclic) bond motifs is 1. The Morgan fingerprint density at radius 3 is 2.86 bits per heavy atom. The number of nitrogens with zero attached hydrogens (tertiary/aromatic N) is 1. The minimum atomic E-state index is 0.690. The molecular formula is C17H19N3O. The van der Waals surface area contributed by atoms with Crippen LogP contribution in [0.4, 0.5) is 0 Å². The van der Waals surface area contributed by atoms with Crippen LogP contribution in [0.25, 0.3) is 11.0 Å². The highest BCUT2D eigenvalue weighted by molar-refractivity contribution is 5.74. The van der Waals surface area contributed by atoms with E-state index >= 15 is 0 Å². The number of rotatable bonds is 6. The van der Waals surface area contributed by atoms with Crippen molar-refractivity contribution in [3.8, 4) is 5.75 Å². The van der Waals surface area contributed by atoms with Gasteiger partial charge in [0, 0.05) is 6.54 Å². The Hall–Kier alpha value is -2.33. The second-order valence-corrected chi connectivity index (χ2v) is 4.88. The quantitative estimate of drug-likeness (QED) is 0.729. The molecule has 1 aromatic heterocycles. The van der Waals surface area contributed by atoms with E-state index in [1.54, 1.807) is 0 Å². The molecule has 0 saturated carbocycles. The molecule has 0 bridgehead atoms. The predicted octanol–water partition coefficient (Wildman–Crippen LogP) is 3.25. The summed E-state index contributed by atoms with van der Waals surface area (Å²) < 4.78 is 5.50. The molecule has 3 rings (SSSR count). The summed E-state index contributed by atoms with van der Waals surface area (Å²) in [7, 11) is 0. The fourth-order valence-electron chi connectivity index (χ4n) is 2.33. The van der Waals surface area contributed by atoms with E-state index in [9.17, 15) is 0 Å². The van der Waals surface area contributed by atoms with Crippen LogP contribution in [0.3, 0.4) is 0 Å². The van der Waals surface area contributed by atoms with Gasteiger partial charge in [-0.2, -0.15) is 0 Å². The van der Waals surface area contributed by atoms with Crippen LogP contribution in [0.5, 0.6) is 5.75 Å². The fourth-order valence-corrected chi connectivity index (χ4v) is 2.33. The third kappa shape index (κ3) is 3.41. The molecule has 0 fully saturated rings.